The third-order valence-corrected chi connectivity index (χ3v) is 2.52. The van der Waals surface area contributed by atoms with Crippen LogP contribution >= 0.6 is 0 Å². The maximum atomic E-state index is 13.4. The van der Waals surface area contributed by atoms with Crippen LogP contribution in [0.4, 0.5) is 8.78 Å². The Morgan fingerprint density at radius 2 is 1.47 bits per heavy atom. The predicted molar refractivity (Wildman–Crippen MR) is 63.3 cm³/mol. The number of nitrogens with one attached hydrogen (secondary N) is 1. The molecule has 2 aromatic carbocycles. The monoisotopic (exact) mass is 231 g/mol. The molecule has 0 fully saturated rings. The minimum absolute atomic E-state index is 0.0770. The summed E-state index contributed by atoms with van der Waals surface area (Å²) < 4.78 is 26.8. The van der Waals surface area contributed by atoms with Crippen LogP contribution in [0.5, 0.6) is 0 Å². The summed E-state index contributed by atoms with van der Waals surface area (Å²) in [4.78, 5) is 0. The molecule has 0 heterocycles. The van der Waals surface area contributed by atoms with Gasteiger partial charge in [0, 0.05) is 17.7 Å². The molecule has 0 amide bonds. The van der Waals surface area contributed by atoms with Gasteiger partial charge in [-0.15, -0.1) is 0 Å². The number of benzene rings is 2. The van der Waals surface area contributed by atoms with E-state index in [9.17, 15) is 8.78 Å². The van der Waals surface area contributed by atoms with Crippen molar-refractivity contribution in [1.82, 2.24) is 0 Å². The summed E-state index contributed by atoms with van der Waals surface area (Å²) in [6.45, 7) is 0. The highest BCUT2D eigenvalue weighted by Gasteiger charge is 2.10. The van der Waals surface area contributed by atoms with Gasteiger partial charge in [0.15, 0.2) is 0 Å². The van der Waals surface area contributed by atoms with Crippen LogP contribution in [-0.4, -0.2) is 5.71 Å². The lowest BCUT2D eigenvalue weighted by Gasteiger charge is -2.06. The fourth-order valence-electron chi connectivity index (χ4n) is 1.63. The van der Waals surface area contributed by atoms with E-state index in [2.05, 4.69) is 0 Å². The van der Waals surface area contributed by atoms with Crippen molar-refractivity contribution >= 4 is 5.71 Å². The van der Waals surface area contributed by atoms with Gasteiger partial charge >= 0.3 is 0 Å². The smallest absolute Gasteiger partial charge is 0.132 e. The Hall–Kier alpha value is -2.03. The fraction of sp³-hybridized carbons (Fsp3) is 0.0714. The van der Waals surface area contributed by atoms with Crippen LogP contribution < -0.4 is 0 Å². The average Bonchev–Trinajstić information content (AvgIpc) is 2.32. The predicted octanol–water partition coefficient (Wildman–Crippen LogP) is 3.58. The van der Waals surface area contributed by atoms with Gasteiger partial charge in [0.2, 0.25) is 0 Å². The molecule has 86 valence electrons. The van der Waals surface area contributed by atoms with Gasteiger partial charge in [-0.3, -0.25) is 0 Å². The van der Waals surface area contributed by atoms with E-state index in [1.54, 1.807) is 30.3 Å². The SMILES string of the molecule is N=C(Cc1ccccc1F)c1ccccc1F. The highest BCUT2D eigenvalue weighted by atomic mass is 19.1. The second kappa shape index (κ2) is 4.87. The van der Waals surface area contributed by atoms with Crippen LogP contribution in [-0.2, 0) is 6.42 Å². The van der Waals surface area contributed by atoms with Crippen LogP contribution in [0.25, 0.3) is 0 Å². The molecule has 0 aromatic heterocycles. The minimum atomic E-state index is -0.450. The lowest BCUT2D eigenvalue weighted by atomic mass is 10.0. The number of hydrogen-bond donors (Lipinski definition) is 1. The van der Waals surface area contributed by atoms with E-state index in [0.717, 1.165) is 0 Å². The quantitative estimate of drug-likeness (QED) is 0.781. The molecule has 0 spiro atoms. The molecule has 0 aliphatic rings. The molecular formula is C14H11F2N. The second-order valence-electron chi connectivity index (χ2n) is 3.73. The first kappa shape index (κ1) is 11.5. The number of rotatable bonds is 3. The maximum Gasteiger partial charge on any atom is 0.132 e. The van der Waals surface area contributed by atoms with E-state index in [0.29, 0.717) is 5.56 Å². The minimum Gasteiger partial charge on any atom is -0.304 e. The Kier molecular flexibility index (Phi) is 3.28. The molecule has 17 heavy (non-hydrogen) atoms. The van der Waals surface area contributed by atoms with Crippen molar-refractivity contribution in [2.75, 3.05) is 0 Å². The van der Waals surface area contributed by atoms with Crippen LogP contribution in [0.3, 0.4) is 0 Å². The summed E-state index contributed by atoms with van der Waals surface area (Å²) in [6, 6.07) is 12.3. The Labute approximate surface area is 98.2 Å². The van der Waals surface area contributed by atoms with Gasteiger partial charge in [-0.05, 0) is 17.7 Å². The van der Waals surface area contributed by atoms with Crippen molar-refractivity contribution in [3.63, 3.8) is 0 Å². The van der Waals surface area contributed by atoms with Crippen LogP contribution in [0.1, 0.15) is 11.1 Å². The van der Waals surface area contributed by atoms with Crippen molar-refractivity contribution in [3.05, 3.63) is 71.3 Å². The zero-order chi connectivity index (χ0) is 12.3. The van der Waals surface area contributed by atoms with Gasteiger partial charge in [-0.25, -0.2) is 8.78 Å². The summed E-state index contributed by atoms with van der Waals surface area (Å²) in [5.74, 6) is -0.817. The number of hydrogen-bond acceptors (Lipinski definition) is 1. The van der Waals surface area contributed by atoms with E-state index < -0.39 is 5.82 Å². The zero-order valence-corrected chi connectivity index (χ0v) is 9.08. The summed E-state index contributed by atoms with van der Waals surface area (Å²) in [6.07, 6.45) is 0.0909. The highest BCUT2D eigenvalue weighted by Crippen LogP contribution is 2.13. The molecule has 0 radical (unpaired) electrons. The number of halogens is 2. The van der Waals surface area contributed by atoms with Gasteiger partial charge in [-0.2, -0.15) is 0 Å². The molecule has 1 nitrogen and oxygen atoms in total. The van der Waals surface area contributed by atoms with Crippen LogP contribution in [0, 0.1) is 17.0 Å². The Morgan fingerprint density at radius 3 is 2.12 bits per heavy atom. The lowest BCUT2D eigenvalue weighted by molar-refractivity contribution is 0.614. The average molecular weight is 231 g/mol. The van der Waals surface area contributed by atoms with Crippen LogP contribution in [0.2, 0.25) is 0 Å². The molecule has 0 atom stereocenters. The molecule has 2 aromatic rings. The molecule has 0 saturated carbocycles. The topological polar surface area (TPSA) is 23.9 Å². The lowest BCUT2D eigenvalue weighted by Crippen LogP contribution is -2.07. The highest BCUT2D eigenvalue weighted by molar-refractivity contribution is 5.99. The first-order valence-electron chi connectivity index (χ1n) is 5.24. The molecule has 0 bridgehead atoms. The Bertz CT molecular complexity index is 549. The molecule has 3 heteroatoms. The van der Waals surface area contributed by atoms with Crippen LogP contribution in [0.15, 0.2) is 48.5 Å². The van der Waals surface area contributed by atoms with E-state index in [1.807, 2.05) is 0 Å². The van der Waals surface area contributed by atoms with E-state index in [1.165, 1.54) is 18.2 Å². The van der Waals surface area contributed by atoms with Gasteiger partial charge in [0.25, 0.3) is 0 Å². The van der Waals surface area contributed by atoms with Crippen molar-refractivity contribution in [2.45, 2.75) is 6.42 Å². The zero-order valence-electron chi connectivity index (χ0n) is 9.08. The van der Waals surface area contributed by atoms with Gasteiger partial charge < -0.3 is 5.41 Å². The second-order valence-corrected chi connectivity index (χ2v) is 3.73. The maximum absolute atomic E-state index is 13.4. The van der Waals surface area contributed by atoms with Crippen molar-refractivity contribution in [3.8, 4) is 0 Å². The molecule has 2 rings (SSSR count). The molecule has 0 aliphatic carbocycles. The van der Waals surface area contributed by atoms with E-state index in [4.69, 9.17) is 5.41 Å². The summed E-state index contributed by atoms with van der Waals surface area (Å²) >= 11 is 0. The standard InChI is InChI=1S/C14H11F2N/c15-12-7-3-1-5-10(12)9-14(17)11-6-2-4-8-13(11)16/h1-8,17H,9H2. The largest absolute Gasteiger partial charge is 0.304 e. The molecule has 0 saturated heterocycles. The van der Waals surface area contributed by atoms with E-state index in [-0.39, 0.29) is 23.5 Å². The van der Waals surface area contributed by atoms with Crippen molar-refractivity contribution < 1.29 is 8.78 Å². The first-order valence-corrected chi connectivity index (χ1v) is 5.24. The van der Waals surface area contributed by atoms with Crippen molar-refractivity contribution in [1.29, 1.82) is 5.41 Å². The van der Waals surface area contributed by atoms with E-state index >= 15 is 0 Å². The Morgan fingerprint density at radius 1 is 0.882 bits per heavy atom. The third kappa shape index (κ3) is 2.56. The molecular weight excluding hydrogens is 220 g/mol. The summed E-state index contributed by atoms with van der Waals surface area (Å²) in [5, 5.41) is 7.80. The summed E-state index contributed by atoms with van der Waals surface area (Å²) in [7, 11) is 0. The molecule has 0 aliphatic heterocycles. The first-order chi connectivity index (χ1) is 8.18. The summed E-state index contributed by atoms with van der Waals surface area (Å²) in [5.41, 5.74) is 0.699. The Balaban J connectivity index is 2.24. The van der Waals surface area contributed by atoms with Crippen molar-refractivity contribution in [2.24, 2.45) is 0 Å². The third-order valence-electron chi connectivity index (χ3n) is 2.52. The molecule has 1 N–H and O–H groups in total. The normalized spacial score (nSPS) is 10.2. The van der Waals surface area contributed by atoms with Gasteiger partial charge in [0.05, 0.1) is 0 Å². The molecule has 0 unspecified atom stereocenters. The van der Waals surface area contributed by atoms with Gasteiger partial charge in [0.1, 0.15) is 11.6 Å². The van der Waals surface area contributed by atoms with Gasteiger partial charge in [-0.1, -0.05) is 36.4 Å². The fourth-order valence-corrected chi connectivity index (χ4v) is 1.63.